The molecule has 1 N–H and O–H groups in total. The predicted octanol–water partition coefficient (Wildman–Crippen LogP) is 4.90. The maximum Gasteiger partial charge on any atom is 0.269 e. The molecule has 0 unspecified atom stereocenters. The summed E-state index contributed by atoms with van der Waals surface area (Å²) in [6.45, 7) is 0.469. The molecule has 0 aromatic heterocycles. The second-order valence-electron chi connectivity index (χ2n) is 5.96. The minimum atomic E-state index is -0.275. The SMILES string of the molecule is CO/N=C(\Cc1cc(Br)c(OC)c(Br)c1)C(=O)NCCc1ccc(OC)c(Br)c1. The van der Waals surface area contributed by atoms with Gasteiger partial charge in [0, 0.05) is 13.0 Å². The Kier molecular flexibility index (Phi) is 9.45. The molecule has 9 heteroatoms. The average Bonchev–Trinajstić information content (AvgIpc) is 2.67. The Balaban J connectivity index is 2.01. The predicted molar refractivity (Wildman–Crippen MR) is 124 cm³/mol. The number of ether oxygens (including phenoxy) is 2. The molecule has 0 fully saturated rings. The van der Waals surface area contributed by atoms with Gasteiger partial charge in [0.15, 0.2) is 0 Å². The molecule has 29 heavy (non-hydrogen) atoms. The summed E-state index contributed by atoms with van der Waals surface area (Å²) in [6.07, 6.45) is 0.989. The number of oxime groups is 1. The lowest BCUT2D eigenvalue weighted by atomic mass is 10.1. The maximum atomic E-state index is 12.6. The molecule has 2 rings (SSSR count). The molecule has 2 aromatic carbocycles. The highest BCUT2D eigenvalue weighted by Crippen LogP contribution is 2.34. The number of carbonyl (C=O) groups is 1. The van der Waals surface area contributed by atoms with Crippen molar-refractivity contribution in [2.75, 3.05) is 27.9 Å². The van der Waals surface area contributed by atoms with Gasteiger partial charge in [0.05, 0.1) is 27.6 Å². The molecule has 0 spiro atoms. The zero-order valence-corrected chi connectivity index (χ0v) is 21.0. The standard InChI is InChI=1S/C20H21Br3N2O4/c1-27-18-5-4-12(8-14(18)21)6-7-24-20(26)17(25-29-3)11-13-9-15(22)19(28-2)16(23)10-13/h4-5,8-10H,6-7,11H2,1-3H3,(H,24,26)/b25-17+. The van der Waals surface area contributed by atoms with E-state index >= 15 is 0 Å². The fourth-order valence-corrected chi connectivity index (χ4v) is 4.85. The van der Waals surface area contributed by atoms with Crippen LogP contribution in [0.2, 0.25) is 0 Å². The van der Waals surface area contributed by atoms with Crippen LogP contribution in [-0.2, 0) is 22.5 Å². The van der Waals surface area contributed by atoms with Crippen LogP contribution in [0.5, 0.6) is 11.5 Å². The molecule has 1 amide bonds. The van der Waals surface area contributed by atoms with Crippen LogP contribution in [-0.4, -0.2) is 39.5 Å². The number of amides is 1. The van der Waals surface area contributed by atoms with Crippen LogP contribution < -0.4 is 14.8 Å². The average molecular weight is 593 g/mol. The number of halogens is 3. The van der Waals surface area contributed by atoms with Crippen LogP contribution >= 0.6 is 47.8 Å². The Morgan fingerprint density at radius 1 is 0.966 bits per heavy atom. The monoisotopic (exact) mass is 590 g/mol. The van der Waals surface area contributed by atoms with Crippen LogP contribution in [0.1, 0.15) is 11.1 Å². The molecular formula is C20H21Br3N2O4. The first-order valence-electron chi connectivity index (χ1n) is 8.62. The molecular weight excluding hydrogens is 572 g/mol. The van der Waals surface area contributed by atoms with E-state index in [0.717, 1.165) is 30.3 Å². The summed E-state index contributed by atoms with van der Waals surface area (Å²) in [5, 5.41) is 6.79. The Labute approximate surface area is 195 Å². The van der Waals surface area contributed by atoms with E-state index in [0.29, 0.717) is 25.1 Å². The lowest BCUT2D eigenvalue weighted by Crippen LogP contribution is -2.34. The van der Waals surface area contributed by atoms with Crippen molar-refractivity contribution in [2.24, 2.45) is 5.16 Å². The van der Waals surface area contributed by atoms with Crippen molar-refractivity contribution in [3.63, 3.8) is 0 Å². The van der Waals surface area contributed by atoms with Crippen LogP contribution in [0.3, 0.4) is 0 Å². The summed E-state index contributed by atoms with van der Waals surface area (Å²) < 4.78 is 13.0. The van der Waals surface area contributed by atoms with Crippen molar-refractivity contribution < 1.29 is 19.1 Å². The van der Waals surface area contributed by atoms with Crippen molar-refractivity contribution in [3.05, 3.63) is 54.9 Å². The van der Waals surface area contributed by atoms with Gasteiger partial charge in [-0.05, 0) is 89.6 Å². The van der Waals surface area contributed by atoms with Crippen LogP contribution in [0.25, 0.3) is 0 Å². The second kappa shape index (κ2) is 11.6. The molecule has 0 bridgehead atoms. The van der Waals surface area contributed by atoms with Crippen LogP contribution in [0.15, 0.2) is 48.9 Å². The van der Waals surface area contributed by atoms with Crippen molar-refractivity contribution in [3.8, 4) is 11.5 Å². The van der Waals surface area contributed by atoms with E-state index in [2.05, 4.69) is 58.3 Å². The Morgan fingerprint density at radius 2 is 1.62 bits per heavy atom. The zero-order valence-electron chi connectivity index (χ0n) is 16.2. The third kappa shape index (κ3) is 6.72. The molecule has 0 atom stereocenters. The van der Waals surface area contributed by atoms with Crippen molar-refractivity contribution >= 4 is 59.4 Å². The topological polar surface area (TPSA) is 69.2 Å². The summed E-state index contributed by atoms with van der Waals surface area (Å²) in [5.41, 5.74) is 2.24. The van der Waals surface area contributed by atoms with Crippen molar-refractivity contribution in [1.29, 1.82) is 0 Å². The maximum absolute atomic E-state index is 12.6. The molecule has 2 aromatic rings. The minimum absolute atomic E-state index is 0.275. The lowest BCUT2D eigenvalue weighted by Gasteiger charge is -2.11. The van der Waals surface area contributed by atoms with E-state index in [-0.39, 0.29) is 11.6 Å². The summed E-state index contributed by atoms with van der Waals surface area (Å²) in [7, 11) is 4.63. The van der Waals surface area contributed by atoms with Crippen LogP contribution in [0.4, 0.5) is 0 Å². The third-order valence-corrected chi connectivity index (χ3v) is 5.81. The van der Waals surface area contributed by atoms with E-state index in [1.165, 1.54) is 7.11 Å². The molecule has 0 radical (unpaired) electrons. The van der Waals surface area contributed by atoms with E-state index in [1.54, 1.807) is 14.2 Å². The van der Waals surface area contributed by atoms with E-state index in [1.807, 2.05) is 30.3 Å². The number of nitrogens with zero attached hydrogens (tertiary/aromatic N) is 1. The highest BCUT2D eigenvalue weighted by atomic mass is 79.9. The van der Waals surface area contributed by atoms with Gasteiger partial charge in [0.1, 0.15) is 24.3 Å². The molecule has 156 valence electrons. The van der Waals surface area contributed by atoms with Gasteiger partial charge in [-0.15, -0.1) is 0 Å². The van der Waals surface area contributed by atoms with E-state index in [4.69, 9.17) is 14.3 Å². The number of methoxy groups -OCH3 is 2. The number of hydrogen-bond donors (Lipinski definition) is 1. The summed E-state index contributed by atoms with van der Waals surface area (Å²) in [6, 6.07) is 9.60. The molecule has 0 heterocycles. The van der Waals surface area contributed by atoms with Gasteiger partial charge >= 0.3 is 0 Å². The van der Waals surface area contributed by atoms with Crippen molar-refractivity contribution in [2.45, 2.75) is 12.8 Å². The first-order valence-corrected chi connectivity index (χ1v) is 11.0. The van der Waals surface area contributed by atoms with Gasteiger partial charge in [-0.3, -0.25) is 4.79 Å². The smallest absolute Gasteiger partial charge is 0.269 e. The largest absolute Gasteiger partial charge is 0.496 e. The van der Waals surface area contributed by atoms with Gasteiger partial charge in [-0.1, -0.05) is 11.2 Å². The highest BCUT2D eigenvalue weighted by Gasteiger charge is 2.16. The number of rotatable bonds is 9. The molecule has 0 saturated carbocycles. The molecule has 0 aliphatic rings. The molecule has 0 aliphatic heterocycles. The number of benzene rings is 2. The van der Waals surface area contributed by atoms with Gasteiger partial charge in [0.25, 0.3) is 5.91 Å². The third-order valence-electron chi connectivity index (χ3n) is 4.01. The van der Waals surface area contributed by atoms with E-state index < -0.39 is 0 Å². The fourth-order valence-electron chi connectivity index (χ4n) is 2.65. The number of carbonyl (C=O) groups excluding carboxylic acids is 1. The minimum Gasteiger partial charge on any atom is -0.496 e. The fraction of sp³-hybridized carbons (Fsp3) is 0.300. The summed E-state index contributed by atoms with van der Waals surface area (Å²) in [4.78, 5) is 17.5. The molecule has 0 saturated heterocycles. The Bertz CT molecular complexity index is 880. The highest BCUT2D eigenvalue weighted by molar-refractivity contribution is 9.11. The lowest BCUT2D eigenvalue weighted by molar-refractivity contribution is -0.115. The molecule has 6 nitrogen and oxygen atoms in total. The van der Waals surface area contributed by atoms with E-state index in [9.17, 15) is 4.79 Å². The normalized spacial score (nSPS) is 11.2. The van der Waals surface area contributed by atoms with Gasteiger partial charge in [0.2, 0.25) is 0 Å². The Morgan fingerprint density at radius 3 is 2.17 bits per heavy atom. The van der Waals surface area contributed by atoms with Gasteiger partial charge < -0.3 is 19.6 Å². The quantitative estimate of drug-likeness (QED) is 0.332. The van der Waals surface area contributed by atoms with Crippen molar-refractivity contribution in [1.82, 2.24) is 5.32 Å². The Hall–Kier alpha value is -1.58. The zero-order chi connectivity index (χ0) is 21.4. The second-order valence-corrected chi connectivity index (χ2v) is 8.53. The first kappa shape index (κ1) is 23.7. The summed E-state index contributed by atoms with van der Waals surface area (Å²) >= 11 is 10.4. The number of nitrogens with one attached hydrogen (secondary N) is 1. The number of hydrogen-bond acceptors (Lipinski definition) is 5. The summed E-state index contributed by atoms with van der Waals surface area (Å²) in [5.74, 6) is 1.18. The molecule has 0 aliphatic carbocycles. The van der Waals surface area contributed by atoms with Crippen LogP contribution in [0, 0.1) is 0 Å². The first-order chi connectivity index (χ1) is 13.9. The van der Waals surface area contributed by atoms with Gasteiger partial charge in [-0.2, -0.15) is 0 Å². The van der Waals surface area contributed by atoms with Gasteiger partial charge in [-0.25, -0.2) is 0 Å².